The van der Waals surface area contributed by atoms with Crippen LogP contribution in [-0.2, 0) is 13.2 Å². The third kappa shape index (κ3) is 3.52. The molecule has 5 rings (SSSR count). The smallest absolute Gasteiger partial charge is 0.394 e. The number of hydrogen-bond acceptors (Lipinski definition) is 3. The molecule has 10 heteroatoms. The number of aromatic nitrogens is 3. The van der Waals surface area contributed by atoms with E-state index >= 15 is 0 Å². The summed E-state index contributed by atoms with van der Waals surface area (Å²) in [6.45, 7) is 1.69. The Morgan fingerprint density at radius 3 is 2.40 bits per heavy atom. The molecular weight excluding hydrogens is 467 g/mol. The lowest BCUT2D eigenvalue weighted by Gasteiger charge is -2.14. The summed E-state index contributed by atoms with van der Waals surface area (Å²) in [5.41, 5.74) is 4.57. The van der Waals surface area contributed by atoms with Crippen molar-refractivity contribution in [2.45, 2.75) is 13.1 Å². The average Bonchev–Trinajstić information content (AvgIpc) is 3.35. The predicted molar refractivity (Wildman–Crippen MR) is 122 cm³/mol. The fourth-order valence-corrected chi connectivity index (χ4v) is 4.25. The van der Waals surface area contributed by atoms with E-state index in [1.165, 1.54) is 24.4 Å². The number of nitrogen functional groups attached to an aromatic ring is 1. The number of carbonyl (C=O) groups is 1. The number of para-hydroxylation sites is 1. The molecule has 35 heavy (non-hydrogen) atoms. The first-order chi connectivity index (χ1) is 16.5. The van der Waals surface area contributed by atoms with Gasteiger partial charge >= 0.3 is 6.18 Å². The molecule has 5 aromatic rings. The Balaban J connectivity index is 1.72. The number of hydrogen-bond donors (Lipinski definition) is 2. The molecule has 2 aromatic heterocycles. The van der Waals surface area contributed by atoms with E-state index < -0.39 is 34.8 Å². The van der Waals surface area contributed by atoms with E-state index in [0.717, 1.165) is 18.2 Å². The van der Waals surface area contributed by atoms with Gasteiger partial charge in [0, 0.05) is 35.3 Å². The fraction of sp³-hybridized carbons (Fsp3) is 0.120. The van der Waals surface area contributed by atoms with Gasteiger partial charge < -0.3 is 15.3 Å². The van der Waals surface area contributed by atoms with Gasteiger partial charge in [0.15, 0.2) is 5.78 Å². The molecule has 0 unspecified atom stereocenters. The van der Waals surface area contributed by atoms with Crippen molar-refractivity contribution in [1.82, 2.24) is 14.5 Å². The van der Waals surface area contributed by atoms with Gasteiger partial charge in [0.1, 0.15) is 23.1 Å². The number of ketones is 1. The molecule has 3 aromatic carbocycles. The van der Waals surface area contributed by atoms with E-state index in [9.17, 15) is 26.7 Å². The molecule has 0 saturated heterocycles. The molecule has 0 bridgehead atoms. The number of imidazole rings is 1. The number of halogens is 5. The van der Waals surface area contributed by atoms with Crippen LogP contribution in [0.25, 0.3) is 33.1 Å². The lowest BCUT2D eigenvalue weighted by Crippen LogP contribution is -2.08. The summed E-state index contributed by atoms with van der Waals surface area (Å²) in [4.78, 5) is 20.3. The number of H-pyrrole nitrogens is 1. The Morgan fingerprint density at radius 1 is 1.06 bits per heavy atom. The molecular formula is C25H17F5N4O. The van der Waals surface area contributed by atoms with Gasteiger partial charge in [-0.25, -0.2) is 13.8 Å². The zero-order chi connectivity index (χ0) is 25.2. The van der Waals surface area contributed by atoms with E-state index in [-0.39, 0.29) is 27.8 Å². The first kappa shape index (κ1) is 22.6. The Bertz CT molecular complexity index is 1640. The monoisotopic (exact) mass is 484 g/mol. The molecule has 0 saturated carbocycles. The molecule has 2 heterocycles. The molecule has 178 valence electrons. The number of aryl methyl sites for hydroxylation is 2. The van der Waals surface area contributed by atoms with Crippen LogP contribution in [-0.4, -0.2) is 20.3 Å². The van der Waals surface area contributed by atoms with Gasteiger partial charge in [-0.05, 0) is 36.8 Å². The Kier molecular flexibility index (Phi) is 4.94. The quantitative estimate of drug-likeness (QED) is 0.184. The summed E-state index contributed by atoms with van der Waals surface area (Å²) in [7, 11) is 1.64. The minimum absolute atomic E-state index is 0.0498. The normalized spacial score (nSPS) is 12.1. The number of aromatic amines is 1. The van der Waals surface area contributed by atoms with Gasteiger partial charge in [-0.3, -0.25) is 4.79 Å². The van der Waals surface area contributed by atoms with Crippen LogP contribution >= 0.6 is 0 Å². The van der Waals surface area contributed by atoms with Crippen LogP contribution in [0, 0.1) is 18.6 Å². The van der Waals surface area contributed by atoms with Crippen molar-refractivity contribution < 1.29 is 26.7 Å². The second kappa shape index (κ2) is 7.66. The largest absolute Gasteiger partial charge is 0.417 e. The van der Waals surface area contributed by atoms with Gasteiger partial charge in [0.05, 0.1) is 22.1 Å². The highest BCUT2D eigenvalue weighted by Crippen LogP contribution is 2.42. The van der Waals surface area contributed by atoms with Crippen molar-refractivity contribution in [3.8, 4) is 11.1 Å². The summed E-state index contributed by atoms with van der Waals surface area (Å²) in [6, 6.07) is 8.63. The number of nitrogens with zero attached hydrogens (tertiary/aromatic N) is 2. The van der Waals surface area contributed by atoms with Crippen molar-refractivity contribution in [2.24, 2.45) is 7.05 Å². The van der Waals surface area contributed by atoms with E-state index in [1.807, 2.05) is 0 Å². The van der Waals surface area contributed by atoms with E-state index in [2.05, 4.69) is 9.97 Å². The van der Waals surface area contributed by atoms with Gasteiger partial charge in [0.2, 0.25) is 0 Å². The summed E-state index contributed by atoms with van der Waals surface area (Å²) >= 11 is 0. The Hall–Kier alpha value is -4.21. The van der Waals surface area contributed by atoms with Crippen LogP contribution in [0.4, 0.5) is 27.6 Å². The standard InChI is InChI=1S/C25H17F5N4O/c1-11-33-20-8-15(17(25(28,29)30)9-21(20)34(11)2)13-4-3-5-14-16(10-32-23(13)14)24(35)12-6-18(26)22(31)19(27)7-12/h3-10,32H,31H2,1-2H3. The van der Waals surface area contributed by atoms with Crippen molar-refractivity contribution in [2.75, 3.05) is 5.73 Å². The van der Waals surface area contributed by atoms with Gasteiger partial charge in [-0.2, -0.15) is 13.2 Å². The number of rotatable bonds is 3. The van der Waals surface area contributed by atoms with E-state index in [4.69, 9.17) is 5.73 Å². The average molecular weight is 484 g/mol. The first-order valence-corrected chi connectivity index (χ1v) is 10.4. The lowest BCUT2D eigenvalue weighted by atomic mass is 9.95. The lowest BCUT2D eigenvalue weighted by molar-refractivity contribution is -0.137. The van der Waals surface area contributed by atoms with Crippen molar-refractivity contribution in [3.05, 3.63) is 82.8 Å². The molecule has 0 aliphatic heterocycles. The highest BCUT2D eigenvalue weighted by molar-refractivity contribution is 6.18. The van der Waals surface area contributed by atoms with E-state index in [0.29, 0.717) is 22.2 Å². The molecule has 0 fully saturated rings. The molecule has 3 N–H and O–H groups in total. The predicted octanol–water partition coefficient (Wildman–Crippen LogP) is 6.14. The maximum Gasteiger partial charge on any atom is 0.417 e. The van der Waals surface area contributed by atoms with E-state index in [1.54, 1.807) is 24.6 Å². The van der Waals surface area contributed by atoms with Crippen LogP contribution in [0.5, 0.6) is 0 Å². The van der Waals surface area contributed by atoms with Gasteiger partial charge in [0.25, 0.3) is 0 Å². The molecule has 0 spiro atoms. The van der Waals surface area contributed by atoms with Crippen LogP contribution in [0.1, 0.15) is 27.3 Å². The zero-order valence-electron chi connectivity index (χ0n) is 18.4. The fourth-order valence-electron chi connectivity index (χ4n) is 4.25. The Morgan fingerprint density at radius 2 is 1.74 bits per heavy atom. The molecule has 0 amide bonds. The number of anilines is 1. The molecule has 0 aliphatic carbocycles. The number of nitrogens with one attached hydrogen (secondary N) is 1. The minimum atomic E-state index is -4.66. The van der Waals surface area contributed by atoms with Crippen molar-refractivity contribution in [3.63, 3.8) is 0 Å². The maximum atomic E-state index is 14.1. The highest BCUT2D eigenvalue weighted by atomic mass is 19.4. The van der Waals surface area contributed by atoms with Crippen molar-refractivity contribution in [1.29, 1.82) is 0 Å². The number of alkyl halides is 3. The topological polar surface area (TPSA) is 76.7 Å². The second-order valence-corrected chi connectivity index (χ2v) is 8.22. The molecule has 0 aliphatic rings. The summed E-state index contributed by atoms with van der Waals surface area (Å²) in [6.07, 6.45) is -3.35. The summed E-state index contributed by atoms with van der Waals surface area (Å²) < 4.78 is 71.7. The van der Waals surface area contributed by atoms with Gasteiger partial charge in [-0.1, -0.05) is 18.2 Å². The summed E-state index contributed by atoms with van der Waals surface area (Å²) in [5.74, 6) is -2.32. The number of benzene rings is 3. The van der Waals surface area contributed by atoms with Crippen LogP contribution in [0.3, 0.4) is 0 Å². The van der Waals surface area contributed by atoms with Gasteiger partial charge in [-0.15, -0.1) is 0 Å². The highest BCUT2D eigenvalue weighted by Gasteiger charge is 2.35. The van der Waals surface area contributed by atoms with Crippen LogP contribution in [0.15, 0.2) is 48.7 Å². The maximum absolute atomic E-state index is 14.1. The molecule has 0 radical (unpaired) electrons. The first-order valence-electron chi connectivity index (χ1n) is 10.4. The third-order valence-electron chi connectivity index (χ3n) is 6.14. The number of fused-ring (bicyclic) bond motifs is 2. The second-order valence-electron chi connectivity index (χ2n) is 8.22. The molecule has 5 nitrogen and oxygen atoms in total. The summed E-state index contributed by atoms with van der Waals surface area (Å²) in [5, 5.41) is 0.301. The SMILES string of the molecule is Cc1nc2cc(-c3cccc4c(C(=O)c5cc(F)c(N)c(F)c5)c[nH]c34)c(C(F)(F)F)cc2n1C. The minimum Gasteiger partial charge on any atom is -0.394 e. The van der Waals surface area contributed by atoms with Crippen molar-refractivity contribution >= 4 is 33.4 Å². The van der Waals surface area contributed by atoms with Crippen LogP contribution in [0.2, 0.25) is 0 Å². The third-order valence-corrected chi connectivity index (χ3v) is 6.14. The van der Waals surface area contributed by atoms with Crippen LogP contribution < -0.4 is 5.73 Å². The number of carbonyl (C=O) groups excluding carboxylic acids is 1. The number of nitrogens with two attached hydrogens (primary N) is 1. The zero-order valence-corrected chi connectivity index (χ0v) is 18.4. The molecule has 0 atom stereocenters. The Labute approximate surface area is 195 Å².